The zero-order chi connectivity index (χ0) is 20.9. The van der Waals surface area contributed by atoms with E-state index in [1.807, 2.05) is 35.0 Å². The predicted octanol–water partition coefficient (Wildman–Crippen LogP) is 4.10. The minimum absolute atomic E-state index is 0.0805. The summed E-state index contributed by atoms with van der Waals surface area (Å²) in [6, 6.07) is 17.3. The van der Waals surface area contributed by atoms with Crippen molar-refractivity contribution in [1.29, 1.82) is 5.26 Å². The van der Waals surface area contributed by atoms with Crippen LogP contribution in [0.4, 0.5) is 5.69 Å². The van der Waals surface area contributed by atoms with Crippen LogP contribution in [0, 0.1) is 11.3 Å². The van der Waals surface area contributed by atoms with Crippen LogP contribution >= 0.6 is 0 Å². The smallest absolute Gasteiger partial charge is 0.251 e. The maximum absolute atomic E-state index is 12.3. The van der Waals surface area contributed by atoms with Crippen LogP contribution in [0.15, 0.2) is 60.8 Å². The zero-order valence-electron chi connectivity index (χ0n) is 16.5. The van der Waals surface area contributed by atoms with Gasteiger partial charge in [0.2, 0.25) is 5.91 Å². The van der Waals surface area contributed by atoms with Crippen molar-refractivity contribution in [2.75, 3.05) is 5.32 Å². The fourth-order valence-electron chi connectivity index (χ4n) is 3.31. The summed E-state index contributed by atoms with van der Waals surface area (Å²) in [5.41, 5.74) is 3.17. The highest BCUT2D eigenvalue weighted by molar-refractivity contribution is 6.04. The van der Waals surface area contributed by atoms with Gasteiger partial charge in [-0.3, -0.25) is 9.59 Å². The number of rotatable bonds is 7. The van der Waals surface area contributed by atoms with E-state index in [-0.39, 0.29) is 11.8 Å². The molecule has 4 rings (SSSR count). The van der Waals surface area contributed by atoms with E-state index in [1.54, 1.807) is 30.3 Å². The van der Waals surface area contributed by atoms with Gasteiger partial charge in [-0.1, -0.05) is 18.2 Å². The minimum Gasteiger partial charge on any atom is -0.349 e. The van der Waals surface area contributed by atoms with Gasteiger partial charge in [0, 0.05) is 52.6 Å². The lowest BCUT2D eigenvalue weighted by Gasteiger charge is -2.05. The van der Waals surface area contributed by atoms with Gasteiger partial charge in [-0.25, -0.2) is 0 Å². The molecule has 1 heterocycles. The summed E-state index contributed by atoms with van der Waals surface area (Å²) in [6.07, 6.45) is 7.74. The SMILES string of the molecule is N#CCCn1cc(C=CC(=O)Nc2ccc(C(=O)NC3CC3)cc2)c2ccccc21. The third kappa shape index (κ3) is 4.58. The number of carbonyl (C=O) groups is 2. The van der Waals surface area contributed by atoms with Gasteiger partial charge < -0.3 is 15.2 Å². The lowest BCUT2D eigenvalue weighted by molar-refractivity contribution is -0.111. The maximum Gasteiger partial charge on any atom is 0.251 e. The topological polar surface area (TPSA) is 86.9 Å². The Morgan fingerprint density at radius 2 is 1.90 bits per heavy atom. The summed E-state index contributed by atoms with van der Waals surface area (Å²) in [7, 11) is 0. The number of hydrogen-bond donors (Lipinski definition) is 2. The molecule has 6 heteroatoms. The molecule has 6 nitrogen and oxygen atoms in total. The van der Waals surface area contributed by atoms with Crippen molar-refractivity contribution >= 4 is 34.5 Å². The zero-order valence-corrected chi connectivity index (χ0v) is 16.5. The molecule has 0 unspecified atom stereocenters. The summed E-state index contributed by atoms with van der Waals surface area (Å²) < 4.78 is 2.03. The van der Waals surface area contributed by atoms with Gasteiger partial charge in [0.1, 0.15) is 0 Å². The molecule has 1 aromatic heterocycles. The molecule has 2 amide bonds. The molecular weight excluding hydrogens is 376 g/mol. The third-order valence-electron chi connectivity index (χ3n) is 5.03. The summed E-state index contributed by atoms with van der Waals surface area (Å²) in [4.78, 5) is 24.4. The number of hydrogen-bond acceptors (Lipinski definition) is 3. The second kappa shape index (κ2) is 8.66. The fourth-order valence-corrected chi connectivity index (χ4v) is 3.31. The Balaban J connectivity index is 1.42. The van der Waals surface area contributed by atoms with Crippen LogP contribution in [0.3, 0.4) is 0 Å². The van der Waals surface area contributed by atoms with Crippen LogP contribution in [-0.4, -0.2) is 22.4 Å². The summed E-state index contributed by atoms with van der Waals surface area (Å²) in [5, 5.41) is 15.6. The molecule has 150 valence electrons. The first-order valence-electron chi connectivity index (χ1n) is 9.99. The van der Waals surface area contributed by atoms with E-state index in [1.165, 1.54) is 6.08 Å². The fraction of sp³-hybridized carbons (Fsp3) is 0.208. The van der Waals surface area contributed by atoms with Crippen molar-refractivity contribution in [3.05, 3.63) is 71.9 Å². The molecular formula is C24H22N4O2. The van der Waals surface area contributed by atoms with Gasteiger partial charge in [0.25, 0.3) is 5.91 Å². The van der Waals surface area contributed by atoms with Crippen molar-refractivity contribution in [3.8, 4) is 6.07 Å². The lowest BCUT2D eigenvalue weighted by Crippen LogP contribution is -2.25. The van der Waals surface area contributed by atoms with Crippen LogP contribution < -0.4 is 10.6 Å². The Morgan fingerprint density at radius 1 is 1.13 bits per heavy atom. The lowest BCUT2D eigenvalue weighted by atomic mass is 10.1. The molecule has 0 spiro atoms. The molecule has 1 fully saturated rings. The maximum atomic E-state index is 12.3. The van der Waals surface area contributed by atoms with Crippen LogP contribution in [0.25, 0.3) is 17.0 Å². The van der Waals surface area contributed by atoms with E-state index in [0.29, 0.717) is 30.3 Å². The largest absolute Gasteiger partial charge is 0.349 e. The average molecular weight is 398 g/mol. The highest BCUT2D eigenvalue weighted by Crippen LogP contribution is 2.23. The Hall–Kier alpha value is -3.85. The Morgan fingerprint density at radius 3 is 2.63 bits per heavy atom. The van der Waals surface area contributed by atoms with E-state index in [4.69, 9.17) is 5.26 Å². The normalized spacial score (nSPS) is 13.3. The number of carbonyl (C=O) groups excluding carboxylic acids is 2. The minimum atomic E-state index is -0.251. The highest BCUT2D eigenvalue weighted by atomic mass is 16.2. The van der Waals surface area contributed by atoms with Crippen molar-refractivity contribution in [2.24, 2.45) is 0 Å². The van der Waals surface area contributed by atoms with Crippen molar-refractivity contribution in [1.82, 2.24) is 9.88 Å². The quantitative estimate of drug-likeness (QED) is 0.588. The molecule has 1 aliphatic carbocycles. The van der Waals surface area contributed by atoms with Crippen molar-refractivity contribution in [2.45, 2.75) is 31.8 Å². The third-order valence-corrected chi connectivity index (χ3v) is 5.03. The molecule has 0 saturated heterocycles. The van der Waals surface area contributed by atoms with Gasteiger partial charge >= 0.3 is 0 Å². The molecule has 2 N–H and O–H groups in total. The van der Waals surface area contributed by atoms with E-state index < -0.39 is 0 Å². The molecule has 0 radical (unpaired) electrons. The van der Waals surface area contributed by atoms with E-state index in [0.717, 1.165) is 29.3 Å². The molecule has 0 atom stereocenters. The number of benzene rings is 2. The standard InChI is InChI=1S/C24H22N4O2/c25-14-3-15-28-16-18(21-4-1-2-5-22(21)28)8-13-23(29)26-19-9-6-17(7-10-19)24(30)27-20-11-12-20/h1-2,4-10,13,16,20H,3,11-12,15H2,(H,26,29)(H,27,30). The van der Waals surface area contributed by atoms with Crippen LogP contribution in [0.2, 0.25) is 0 Å². The first-order chi connectivity index (χ1) is 14.6. The van der Waals surface area contributed by atoms with E-state index in [2.05, 4.69) is 16.7 Å². The Labute approximate surface area is 174 Å². The first-order valence-corrected chi connectivity index (χ1v) is 9.99. The van der Waals surface area contributed by atoms with Gasteiger partial charge in [-0.15, -0.1) is 0 Å². The molecule has 0 aliphatic heterocycles. The molecule has 1 aliphatic rings. The molecule has 30 heavy (non-hydrogen) atoms. The van der Waals surface area contributed by atoms with Crippen LogP contribution in [0.1, 0.15) is 35.2 Å². The second-order valence-electron chi connectivity index (χ2n) is 7.35. The number of nitrogens with one attached hydrogen (secondary N) is 2. The van der Waals surface area contributed by atoms with Crippen molar-refractivity contribution < 1.29 is 9.59 Å². The molecule has 2 aromatic carbocycles. The summed E-state index contributed by atoms with van der Waals surface area (Å²) in [5.74, 6) is -0.331. The molecule has 0 bridgehead atoms. The van der Waals surface area contributed by atoms with E-state index in [9.17, 15) is 9.59 Å². The predicted molar refractivity (Wildman–Crippen MR) is 117 cm³/mol. The number of nitriles is 1. The number of para-hydroxylation sites is 1. The number of nitrogens with zero attached hydrogens (tertiary/aromatic N) is 2. The first kappa shape index (κ1) is 19.5. The van der Waals surface area contributed by atoms with Gasteiger partial charge in [-0.05, 0) is 49.2 Å². The monoisotopic (exact) mass is 398 g/mol. The second-order valence-corrected chi connectivity index (χ2v) is 7.35. The van der Waals surface area contributed by atoms with Gasteiger partial charge in [0.05, 0.1) is 12.5 Å². The molecule has 1 saturated carbocycles. The van der Waals surface area contributed by atoms with Crippen LogP contribution in [-0.2, 0) is 11.3 Å². The van der Waals surface area contributed by atoms with Gasteiger partial charge in [-0.2, -0.15) is 5.26 Å². The molecule has 3 aromatic rings. The van der Waals surface area contributed by atoms with Crippen LogP contribution in [0.5, 0.6) is 0 Å². The van der Waals surface area contributed by atoms with E-state index >= 15 is 0 Å². The number of aryl methyl sites for hydroxylation is 1. The Kier molecular flexibility index (Phi) is 5.62. The number of aromatic nitrogens is 1. The Bertz CT molecular complexity index is 1150. The average Bonchev–Trinajstić information content (AvgIpc) is 3.51. The van der Waals surface area contributed by atoms with Gasteiger partial charge in [0.15, 0.2) is 0 Å². The summed E-state index contributed by atoms with van der Waals surface area (Å²) >= 11 is 0. The van der Waals surface area contributed by atoms with Crippen molar-refractivity contribution in [3.63, 3.8) is 0 Å². The highest BCUT2D eigenvalue weighted by Gasteiger charge is 2.23. The number of amides is 2. The summed E-state index contributed by atoms with van der Waals surface area (Å²) in [6.45, 7) is 0.609. The number of fused-ring (bicyclic) bond motifs is 1. The number of anilines is 1.